The van der Waals surface area contributed by atoms with E-state index >= 15 is 0 Å². The highest BCUT2D eigenvalue weighted by Crippen LogP contribution is 2.28. The van der Waals surface area contributed by atoms with Gasteiger partial charge in [-0.15, -0.1) is 0 Å². The van der Waals surface area contributed by atoms with Crippen LogP contribution in [0.3, 0.4) is 0 Å². The fourth-order valence-corrected chi connectivity index (χ4v) is 3.31. The maximum atomic E-state index is 13.7. The summed E-state index contributed by atoms with van der Waals surface area (Å²) in [5.41, 5.74) is 2.48. The van der Waals surface area contributed by atoms with Gasteiger partial charge in [0.05, 0.1) is 17.6 Å². The molecule has 2 aromatic heterocycles. The number of aromatic nitrogens is 3. The topological polar surface area (TPSA) is 59.3 Å². The van der Waals surface area contributed by atoms with Crippen molar-refractivity contribution >= 4 is 33.2 Å². The minimum absolute atomic E-state index is 0.0722. The van der Waals surface area contributed by atoms with Gasteiger partial charge in [-0.3, -0.25) is 4.79 Å². The van der Waals surface area contributed by atoms with Gasteiger partial charge in [0.2, 0.25) is 0 Å². The van der Waals surface area contributed by atoms with Gasteiger partial charge in [-0.25, -0.2) is 18.3 Å². The third-order valence-electron chi connectivity index (χ3n) is 4.44. The number of benzene rings is 2. The predicted molar refractivity (Wildman–Crippen MR) is 110 cm³/mol. The van der Waals surface area contributed by atoms with E-state index in [-0.39, 0.29) is 16.9 Å². The highest BCUT2D eigenvalue weighted by Gasteiger charge is 2.22. The Hall–Kier alpha value is -3.13. The quantitative estimate of drug-likeness (QED) is 0.431. The van der Waals surface area contributed by atoms with Gasteiger partial charge in [-0.1, -0.05) is 42.0 Å². The molecule has 2 aromatic carbocycles. The highest BCUT2D eigenvalue weighted by molar-refractivity contribution is 9.10. The number of nitrogens with zero attached hydrogens (tertiary/aromatic N) is 3. The van der Waals surface area contributed by atoms with Crippen molar-refractivity contribution in [2.75, 3.05) is 5.32 Å². The van der Waals surface area contributed by atoms with Gasteiger partial charge in [0.25, 0.3) is 12.3 Å². The van der Waals surface area contributed by atoms with Crippen molar-refractivity contribution in [3.8, 4) is 11.3 Å². The Labute approximate surface area is 173 Å². The predicted octanol–water partition coefficient (Wildman–Crippen LogP) is 5.66. The molecule has 146 valence electrons. The standard InChI is InChI=1S/C21H15BrF2N4O/c1-12-6-8-13(9-7-12)17-10-18(19(23)24)28-20(26-17)14(11-25-28)21(29)27-16-5-3-2-4-15(16)22/h2-11,19H,1H3,(H,27,29). The second kappa shape index (κ2) is 7.71. The van der Waals surface area contributed by atoms with Gasteiger partial charge in [0.1, 0.15) is 11.3 Å². The average molecular weight is 457 g/mol. The van der Waals surface area contributed by atoms with E-state index in [1.165, 1.54) is 12.3 Å². The first kappa shape index (κ1) is 19.2. The van der Waals surface area contributed by atoms with E-state index < -0.39 is 12.3 Å². The van der Waals surface area contributed by atoms with Crippen LogP contribution in [0.4, 0.5) is 14.5 Å². The van der Waals surface area contributed by atoms with Gasteiger partial charge in [-0.05, 0) is 41.1 Å². The van der Waals surface area contributed by atoms with Gasteiger partial charge < -0.3 is 5.32 Å². The molecule has 0 fully saturated rings. The number of amides is 1. The first-order valence-corrected chi connectivity index (χ1v) is 9.53. The molecule has 0 aliphatic rings. The van der Waals surface area contributed by atoms with Crippen molar-refractivity contribution in [3.63, 3.8) is 0 Å². The first-order chi connectivity index (χ1) is 13.9. The van der Waals surface area contributed by atoms with Crippen LogP contribution in [0.2, 0.25) is 0 Å². The number of fused-ring (bicyclic) bond motifs is 1. The number of nitrogens with one attached hydrogen (secondary N) is 1. The molecule has 4 rings (SSSR count). The Morgan fingerprint density at radius 2 is 1.86 bits per heavy atom. The van der Waals surface area contributed by atoms with Crippen LogP contribution in [0, 0.1) is 6.92 Å². The summed E-state index contributed by atoms with van der Waals surface area (Å²) in [5, 5.41) is 6.73. The number of halogens is 3. The van der Waals surface area contributed by atoms with Gasteiger partial charge >= 0.3 is 0 Å². The summed E-state index contributed by atoms with van der Waals surface area (Å²) in [5.74, 6) is -0.485. The van der Waals surface area contributed by atoms with Crippen LogP contribution < -0.4 is 5.32 Å². The zero-order valence-electron chi connectivity index (χ0n) is 15.2. The monoisotopic (exact) mass is 456 g/mol. The number of hydrogen-bond acceptors (Lipinski definition) is 3. The molecule has 0 saturated heterocycles. The number of carbonyl (C=O) groups excluding carboxylic acids is 1. The number of aryl methyl sites for hydroxylation is 1. The molecule has 29 heavy (non-hydrogen) atoms. The van der Waals surface area contributed by atoms with Crippen molar-refractivity contribution in [1.82, 2.24) is 14.6 Å². The van der Waals surface area contributed by atoms with E-state index in [1.807, 2.05) is 25.1 Å². The van der Waals surface area contributed by atoms with Gasteiger partial charge in [0, 0.05) is 10.0 Å². The Balaban J connectivity index is 1.82. The third-order valence-corrected chi connectivity index (χ3v) is 5.13. The minimum Gasteiger partial charge on any atom is -0.321 e. The number of rotatable bonds is 4. The van der Waals surface area contributed by atoms with Crippen molar-refractivity contribution in [2.45, 2.75) is 13.3 Å². The minimum atomic E-state index is -2.77. The molecule has 0 aliphatic carbocycles. The van der Waals surface area contributed by atoms with E-state index in [0.717, 1.165) is 10.1 Å². The molecule has 0 spiro atoms. The maximum absolute atomic E-state index is 13.7. The summed E-state index contributed by atoms with van der Waals surface area (Å²) in [6, 6.07) is 15.8. The molecule has 0 saturated carbocycles. The molecular formula is C21H15BrF2N4O. The smallest absolute Gasteiger partial charge is 0.280 e. The second-order valence-electron chi connectivity index (χ2n) is 6.46. The molecule has 0 radical (unpaired) electrons. The van der Waals surface area contributed by atoms with Crippen LogP contribution >= 0.6 is 15.9 Å². The zero-order chi connectivity index (χ0) is 20.5. The maximum Gasteiger partial charge on any atom is 0.280 e. The molecular weight excluding hydrogens is 442 g/mol. The molecule has 4 aromatic rings. The Morgan fingerprint density at radius 1 is 1.14 bits per heavy atom. The van der Waals surface area contributed by atoms with Crippen molar-refractivity contribution in [1.29, 1.82) is 0 Å². The zero-order valence-corrected chi connectivity index (χ0v) is 16.8. The summed E-state index contributed by atoms with van der Waals surface area (Å²) >= 11 is 3.37. The Kier molecular flexibility index (Phi) is 5.10. The largest absolute Gasteiger partial charge is 0.321 e. The van der Waals surface area contributed by atoms with E-state index in [0.29, 0.717) is 21.4 Å². The van der Waals surface area contributed by atoms with Crippen molar-refractivity contribution in [2.24, 2.45) is 0 Å². The summed E-state index contributed by atoms with van der Waals surface area (Å²) < 4.78 is 29.1. The fourth-order valence-electron chi connectivity index (χ4n) is 2.93. The number of carbonyl (C=O) groups is 1. The lowest BCUT2D eigenvalue weighted by Crippen LogP contribution is -2.13. The molecule has 0 atom stereocenters. The molecule has 0 unspecified atom stereocenters. The van der Waals surface area contributed by atoms with E-state index in [9.17, 15) is 13.6 Å². The SMILES string of the molecule is Cc1ccc(-c2cc(C(F)F)n3ncc(C(=O)Nc4ccccc4Br)c3n2)cc1. The normalized spacial score (nSPS) is 11.2. The number of alkyl halides is 2. The van der Waals surface area contributed by atoms with Crippen LogP contribution in [-0.4, -0.2) is 20.5 Å². The van der Waals surface area contributed by atoms with Crippen LogP contribution in [0.15, 0.2) is 65.3 Å². The fraction of sp³-hybridized carbons (Fsp3) is 0.0952. The summed E-state index contributed by atoms with van der Waals surface area (Å²) in [7, 11) is 0. The summed E-state index contributed by atoms with van der Waals surface area (Å²) in [4.78, 5) is 17.3. The molecule has 2 heterocycles. The van der Waals surface area contributed by atoms with Crippen LogP contribution in [0.25, 0.3) is 16.9 Å². The summed E-state index contributed by atoms with van der Waals surface area (Å²) in [6.45, 7) is 1.94. The lowest BCUT2D eigenvalue weighted by Gasteiger charge is -2.09. The molecule has 1 amide bonds. The highest BCUT2D eigenvalue weighted by atomic mass is 79.9. The Morgan fingerprint density at radius 3 is 2.55 bits per heavy atom. The summed E-state index contributed by atoms with van der Waals surface area (Å²) in [6.07, 6.45) is -1.52. The molecule has 5 nitrogen and oxygen atoms in total. The van der Waals surface area contributed by atoms with Gasteiger partial charge in [-0.2, -0.15) is 5.10 Å². The average Bonchev–Trinajstić information content (AvgIpc) is 3.13. The molecule has 1 N–H and O–H groups in total. The molecule has 8 heteroatoms. The van der Waals surface area contributed by atoms with E-state index in [4.69, 9.17) is 0 Å². The Bertz CT molecular complexity index is 1210. The van der Waals surface area contributed by atoms with E-state index in [2.05, 4.69) is 31.3 Å². The number of anilines is 1. The van der Waals surface area contributed by atoms with Crippen molar-refractivity contribution in [3.05, 3.63) is 82.1 Å². The van der Waals surface area contributed by atoms with E-state index in [1.54, 1.807) is 30.3 Å². The molecule has 0 aliphatic heterocycles. The van der Waals surface area contributed by atoms with Crippen molar-refractivity contribution < 1.29 is 13.6 Å². The van der Waals surface area contributed by atoms with Crippen LogP contribution in [-0.2, 0) is 0 Å². The number of hydrogen-bond donors (Lipinski definition) is 1. The third kappa shape index (κ3) is 3.75. The first-order valence-electron chi connectivity index (χ1n) is 8.74. The van der Waals surface area contributed by atoms with Crippen LogP contribution in [0.1, 0.15) is 28.0 Å². The van der Waals surface area contributed by atoms with Crippen LogP contribution in [0.5, 0.6) is 0 Å². The lowest BCUT2D eigenvalue weighted by molar-refractivity contribution is 0.102. The lowest BCUT2D eigenvalue weighted by atomic mass is 10.1. The second-order valence-corrected chi connectivity index (χ2v) is 7.31. The van der Waals surface area contributed by atoms with Gasteiger partial charge in [0.15, 0.2) is 5.65 Å². The molecule has 0 bridgehead atoms. The number of para-hydroxylation sites is 1.